The van der Waals surface area contributed by atoms with Crippen molar-refractivity contribution >= 4 is 34.2 Å². The van der Waals surface area contributed by atoms with E-state index in [2.05, 4.69) is 10.3 Å². The van der Waals surface area contributed by atoms with Gasteiger partial charge in [0, 0.05) is 25.5 Å². The van der Waals surface area contributed by atoms with Gasteiger partial charge in [-0.1, -0.05) is 23.7 Å². The van der Waals surface area contributed by atoms with Crippen molar-refractivity contribution in [1.29, 1.82) is 0 Å². The van der Waals surface area contributed by atoms with E-state index in [9.17, 15) is 4.79 Å². The van der Waals surface area contributed by atoms with Crippen LogP contribution in [0.1, 0.15) is 23.2 Å². The highest BCUT2D eigenvalue weighted by Gasteiger charge is 2.25. The number of para-hydroxylation sites is 1. The number of pyridine rings is 1. The number of rotatable bonds is 3. The van der Waals surface area contributed by atoms with E-state index >= 15 is 0 Å². The number of nitrogens with zero attached hydrogens (tertiary/aromatic N) is 2. The van der Waals surface area contributed by atoms with Crippen molar-refractivity contribution in [2.45, 2.75) is 18.9 Å². The Morgan fingerprint density at radius 3 is 2.80 bits per heavy atom. The molecule has 0 unspecified atom stereocenters. The number of carbonyl (C=O) groups is 1. The zero-order chi connectivity index (χ0) is 14.3. The lowest BCUT2D eigenvalue weighted by Crippen LogP contribution is -2.26. The largest absolute Gasteiger partial charge is 0.363 e. The van der Waals surface area contributed by atoms with Crippen molar-refractivity contribution in [3.8, 4) is 0 Å². The average Bonchev–Trinajstić information content (AvgIpc) is 3.22. The third-order valence-corrected chi connectivity index (χ3v) is 3.70. The van der Waals surface area contributed by atoms with Gasteiger partial charge in [-0.05, 0) is 25.0 Å². The van der Waals surface area contributed by atoms with E-state index in [0.29, 0.717) is 22.1 Å². The van der Waals surface area contributed by atoms with Gasteiger partial charge in [-0.2, -0.15) is 0 Å². The molecular formula is C15H16ClN3O. The summed E-state index contributed by atoms with van der Waals surface area (Å²) < 4.78 is 0. The lowest BCUT2D eigenvalue weighted by Gasteiger charge is -2.15. The van der Waals surface area contributed by atoms with Crippen LogP contribution in [0.4, 0.5) is 5.82 Å². The number of fused-ring (bicyclic) bond motifs is 1. The van der Waals surface area contributed by atoms with Crippen LogP contribution in [0.25, 0.3) is 10.9 Å². The Morgan fingerprint density at radius 2 is 2.15 bits per heavy atom. The van der Waals surface area contributed by atoms with Crippen LogP contribution in [0, 0.1) is 0 Å². The number of anilines is 1. The zero-order valence-corrected chi connectivity index (χ0v) is 12.2. The summed E-state index contributed by atoms with van der Waals surface area (Å²) in [7, 11) is 3.79. The molecule has 0 atom stereocenters. The van der Waals surface area contributed by atoms with Gasteiger partial charge in [-0.25, -0.2) is 4.98 Å². The van der Waals surface area contributed by atoms with E-state index < -0.39 is 0 Å². The summed E-state index contributed by atoms with van der Waals surface area (Å²) in [6.07, 6.45) is 2.13. The van der Waals surface area contributed by atoms with Gasteiger partial charge >= 0.3 is 0 Å². The molecule has 1 aromatic heterocycles. The number of hydrogen-bond donors (Lipinski definition) is 1. The topological polar surface area (TPSA) is 45.2 Å². The summed E-state index contributed by atoms with van der Waals surface area (Å²) in [4.78, 5) is 18.8. The first-order valence-corrected chi connectivity index (χ1v) is 7.01. The predicted octanol–water partition coefficient (Wildman–Crippen LogP) is 2.85. The summed E-state index contributed by atoms with van der Waals surface area (Å²) in [5.74, 6) is 0.678. The van der Waals surface area contributed by atoms with Crippen molar-refractivity contribution in [1.82, 2.24) is 10.3 Å². The lowest BCUT2D eigenvalue weighted by molar-refractivity contribution is 0.0952. The molecule has 1 aliphatic carbocycles. The van der Waals surface area contributed by atoms with Crippen molar-refractivity contribution in [2.24, 2.45) is 0 Å². The number of aromatic nitrogens is 1. The Morgan fingerprint density at radius 1 is 1.40 bits per heavy atom. The van der Waals surface area contributed by atoms with Crippen molar-refractivity contribution in [3.05, 3.63) is 34.9 Å². The van der Waals surface area contributed by atoms with Crippen LogP contribution in [0.3, 0.4) is 0 Å². The standard InChI is InChI=1S/C15H16ClN3O/c1-19(2)13-8-11(15(20)17-9-6-7-9)10-4-3-5-12(16)14(10)18-13/h3-5,8-9H,6-7H2,1-2H3,(H,17,20). The number of benzene rings is 1. The van der Waals surface area contributed by atoms with Gasteiger partial charge in [0.15, 0.2) is 0 Å². The quantitative estimate of drug-likeness (QED) is 0.945. The number of hydrogen-bond acceptors (Lipinski definition) is 3. The fraction of sp³-hybridized carbons (Fsp3) is 0.333. The molecule has 1 aliphatic rings. The normalized spacial score (nSPS) is 14.3. The van der Waals surface area contributed by atoms with E-state index in [0.717, 1.165) is 24.0 Å². The van der Waals surface area contributed by atoms with Crippen LogP contribution in [0.15, 0.2) is 24.3 Å². The third-order valence-electron chi connectivity index (χ3n) is 3.39. The number of carbonyl (C=O) groups excluding carboxylic acids is 1. The van der Waals surface area contributed by atoms with Crippen LogP contribution in [-0.4, -0.2) is 31.0 Å². The highest BCUT2D eigenvalue weighted by atomic mass is 35.5. The monoisotopic (exact) mass is 289 g/mol. The molecule has 104 valence electrons. The van der Waals surface area contributed by atoms with Gasteiger partial charge in [0.05, 0.1) is 16.1 Å². The first-order chi connectivity index (χ1) is 9.56. The van der Waals surface area contributed by atoms with Gasteiger partial charge in [0.1, 0.15) is 5.82 Å². The van der Waals surface area contributed by atoms with Gasteiger partial charge in [-0.15, -0.1) is 0 Å². The zero-order valence-electron chi connectivity index (χ0n) is 11.5. The molecule has 20 heavy (non-hydrogen) atoms. The van der Waals surface area contributed by atoms with E-state index in [1.54, 1.807) is 6.07 Å². The molecule has 0 radical (unpaired) electrons. The molecule has 0 spiro atoms. The number of amides is 1. The molecule has 1 N–H and O–H groups in total. The summed E-state index contributed by atoms with van der Waals surface area (Å²) in [5, 5.41) is 4.37. The summed E-state index contributed by atoms with van der Waals surface area (Å²) >= 11 is 6.22. The second-order valence-corrected chi connectivity index (χ2v) is 5.71. The van der Waals surface area contributed by atoms with Gasteiger partial charge in [0.2, 0.25) is 0 Å². The second-order valence-electron chi connectivity index (χ2n) is 5.31. The molecule has 0 bridgehead atoms. The fourth-order valence-electron chi connectivity index (χ4n) is 2.11. The summed E-state index contributed by atoms with van der Waals surface area (Å²) in [6.45, 7) is 0. The molecule has 0 saturated heterocycles. The Balaban J connectivity index is 2.16. The first-order valence-electron chi connectivity index (χ1n) is 6.63. The fourth-order valence-corrected chi connectivity index (χ4v) is 2.32. The summed E-state index contributed by atoms with van der Waals surface area (Å²) in [5.41, 5.74) is 1.30. The maximum Gasteiger partial charge on any atom is 0.252 e. The first kappa shape index (κ1) is 13.2. The van der Waals surface area contributed by atoms with Crippen LogP contribution in [0.5, 0.6) is 0 Å². The smallest absolute Gasteiger partial charge is 0.252 e. The predicted molar refractivity (Wildman–Crippen MR) is 81.6 cm³/mol. The molecule has 5 heteroatoms. The molecule has 1 amide bonds. The third kappa shape index (κ3) is 2.43. The molecule has 4 nitrogen and oxygen atoms in total. The molecule has 1 aromatic carbocycles. The van der Waals surface area contributed by atoms with E-state index in [1.807, 2.05) is 37.2 Å². The van der Waals surface area contributed by atoms with Crippen molar-refractivity contribution < 1.29 is 4.79 Å². The van der Waals surface area contributed by atoms with Gasteiger partial charge in [-0.3, -0.25) is 4.79 Å². The molecule has 0 aliphatic heterocycles. The molecule has 2 aromatic rings. The van der Waals surface area contributed by atoms with Crippen LogP contribution < -0.4 is 10.2 Å². The second kappa shape index (κ2) is 4.94. The minimum Gasteiger partial charge on any atom is -0.363 e. The number of halogens is 1. The van der Waals surface area contributed by atoms with Crippen LogP contribution in [-0.2, 0) is 0 Å². The van der Waals surface area contributed by atoms with Gasteiger partial charge < -0.3 is 10.2 Å². The number of nitrogens with one attached hydrogen (secondary N) is 1. The van der Waals surface area contributed by atoms with E-state index in [4.69, 9.17) is 11.6 Å². The minimum absolute atomic E-state index is 0.0507. The molecule has 1 heterocycles. The van der Waals surface area contributed by atoms with E-state index in [1.165, 1.54) is 0 Å². The minimum atomic E-state index is -0.0507. The average molecular weight is 290 g/mol. The molecule has 3 rings (SSSR count). The van der Waals surface area contributed by atoms with Crippen molar-refractivity contribution in [3.63, 3.8) is 0 Å². The Kier molecular flexibility index (Phi) is 3.26. The maximum atomic E-state index is 12.4. The highest BCUT2D eigenvalue weighted by Crippen LogP contribution is 2.28. The maximum absolute atomic E-state index is 12.4. The Labute approximate surface area is 122 Å². The lowest BCUT2D eigenvalue weighted by atomic mass is 10.1. The SMILES string of the molecule is CN(C)c1cc(C(=O)NC2CC2)c2cccc(Cl)c2n1. The van der Waals surface area contributed by atoms with E-state index in [-0.39, 0.29) is 5.91 Å². The highest BCUT2D eigenvalue weighted by molar-refractivity contribution is 6.35. The van der Waals surface area contributed by atoms with Crippen molar-refractivity contribution in [2.75, 3.05) is 19.0 Å². The Hall–Kier alpha value is -1.81. The van der Waals surface area contributed by atoms with Crippen LogP contribution in [0.2, 0.25) is 5.02 Å². The van der Waals surface area contributed by atoms with Crippen LogP contribution >= 0.6 is 11.6 Å². The molecule has 1 fully saturated rings. The molecule has 1 saturated carbocycles. The molecular weight excluding hydrogens is 274 g/mol. The Bertz CT molecular complexity index is 680. The summed E-state index contributed by atoms with van der Waals surface area (Å²) in [6, 6.07) is 7.66. The van der Waals surface area contributed by atoms with Gasteiger partial charge in [0.25, 0.3) is 5.91 Å².